The van der Waals surface area contributed by atoms with Crippen molar-refractivity contribution in [3.63, 3.8) is 0 Å². The fraction of sp³-hybridized carbons (Fsp3) is 0.538. The number of rotatable bonds is 4. The first kappa shape index (κ1) is 13.5. The second-order valence-electron chi connectivity index (χ2n) is 4.72. The van der Waals surface area contributed by atoms with Crippen LogP contribution in [0.4, 0.5) is 0 Å². The number of hydrogen-bond donors (Lipinski definition) is 0. The first-order chi connectivity index (χ1) is 7.38. The molecule has 0 saturated carbocycles. The van der Waals surface area contributed by atoms with Crippen LogP contribution in [0.3, 0.4) is 0 Å². The van der Waals surface area contributed by atoms with Crippen LogP contribution in [-0.2, 0) is 4.74 Å². The minimum Gasteiger partial charge on any atom is -0.491 e. The predicted molar refractivity (Wildman–Crippen MR) is 70.1 cm³/mol. The average Bonchev–Trinajstić information content (AvgIpc) is 2.17. The second-order valence-corrected chi connectivity index (χ2v) is 5.57. The van der Waals surface area contributed by atoms with Gasteiger partial charge in [0.15, 0.2) is 0 Å². The molecule has 0 aliphatic carbocycles. The molecule has 0 heterocycles. The summed E-state index contributed by atoms with van der Waals surface area (Å²) in [6.45, 7) is 9.35. The Balaban J connectivity index is 2.35. The van der Waals surface area contributed by atoms with Crippen LogP contribution in [0, 0.1) is 6.92 Å². The maximum atomic E-state index is 5.58. The topological polar surface area (TPSA) is 18.5 Å². The van der Waals surface area contributed by atoms with Gasteiger partial charge >= 0.3 is 0 Å². The summed E-state index contributed by atoms with van der Waals surface area (Å²) in [5.41, 5.74) is 1.11. The second kappa shape index (κ2) is 5.69. The van der Waals surface area contributed by atoms with Crippen molar-refractivity contribution < 1.29 is 9.47 Å². The molecule has 0 saturated heterocycles. The molecule has 0 atom stereocenters. The summed E-state index contributed by atoms with van der Waals surface area (Å²) in [6.07, 6.45) is 0. The van der Waals surface area contributed by atoms with Gasteiger partial charge in [-0.3, -0.25) is 0 Å². The zero-order chi connectivity index (χ0) is 12.2. The summed E-state index contributed by atoms with van der Waals surface area (Å²) in [4.78, 5) is 0. The lowest BCUT2D eigenvalue weighted by molar-refractivity contribution is -0.0163. The molecule has 0 bridgehead atoms. The number of hydrogen-bond acceptors (Lipinski definition) is 2. The molecule has 16 heavy (non-hydrogen) atoms. The molecule has 90 valence electrons. The maximum Gasteiger partial charge on any atom is 0.120 e. The van der Waals surface area contributed by atoms with Crippen LogP contribution < -0.4 is 4.74 Å². The highest BCUT2D eigenvalue weighted by molar-refractivity contribution is 9.10. The van der Waals surface area contributed by atoms with Gasteiger partial charge in [-0.2, -0.15) is 0 Å². The average molecular weight is 287 g/mol. The van der Waals surface area contributed by atoms with Gasteiger partial charge in [-0.15, -0.1) is 0 Å². The van der Waals surface area contributed by atoms with Crippen LogP contribution in [0.15, 0.2) is 22.7 Å². The van der Waals surface area contributed by atoms with E-state index in [0.717, 1.165) is 10.2 Å². The summed E-state index contributed by atoms with van der Waals surface area (Å²) in [6, 6.07) is 5.98. The summed E-state index contributed by atoms with van der Waals surface area (Å²) in [5.74, 6) is 0.870. The van der Waals surface area contributed by atoms with Crippen molar-refractivity contribution in [1.29, 1.82) is 0 Å². The molecule has 0 fully saturated rings. The molecule has 0 radical (unpaired) electrons. The molecule has 0 spiro atoms. The maximum absolute atomic E-state index is 5.58. The van der Waals surface area contributed by atoms with E-state index in [9.17, 15) is 0 Å². The summed E-state index contributed by atoms with van der Waals surface area (Å²) in [5, 5.41) is 0. The van der Waals surface area contributed by atoms with Crippen LogP contribution in [0.5, 0.6) is 5.75 Å². The zero-order valence-corrected chi connectivity index (χ0v) is 11.9. The molecule has 0 aliphatic rings. The Morgan fingerprint density at radius 2 is 1.88 bits per heavy atom. The van der Waals surface area contributed by atoms with Crippen molar-refractivity contribution in [2.24, 2.45) is 0 Å². The monoisotopic (exact) mass is 286 g/mol. The predicted octanol–water partition coefficient (Wildman–Crippen LogP) is 3.95. The van der Waals surface area contributed by atoms with Crippen molar-refractivity contribution in [1.82, 2.24) is 0 Å². The van der Waals surface area contributed by atoms with E-state index < -0.39 is 0 Å². The number of halogens is 1. The van der Waals surface area contributed by atoms with E-state index in [1.54, 1.807) is 0 Å². The van der Waals surface area contributed by atoms with Gasteiger partial charge in [0.1, 0.15) is 12.4 Å². The van der Waals surface area contributed by atoms with Gasteiger partial charge in [-0.05, 0) is 45.4 Å². The van der Waals surface area contributed by atoms with Gasteiger partial charge in [0.2, 0.25) is 0 Å². The van der Waals surface area contributed by atoms with Crippen LogP contribution in [0.25, 0.3) is 0 Å². The SMILES string of the molecule is Cc1ccc(OCCOC(C)(C)C)cc1Br. The van der Waals surface area contributed by atoms with Crippen LogP contribution in [0.1, 0.15) is 26.3 Å². The van der Waals surface area contributed by atoms with Crippen molar-refractivity contribution >= 4 is 15.9 Å². The lowest BCUT2D eigenvalue weighted by Crippen LogP contribution is -2.22. The van der Waals surface area contributed by atoms with Crippen molar-refractivity contribution in [3.8, 4) is 5.75 Å². The summed E-state index contributed by atoms with van der Waals surface area (Å²) in [7, 11) is 0. The fourth-order valence-corrected chi connectivity index (χ4v) is 1.53. The van der Waals surface area contributed by atoms with Crippen molar-refractivity contribution in [2.45, 2.75) is 33.3 Å². The van der Waals surface area contributed by atoms with Gasteiger partial charge in [-0.25, -0.2) is 0 Å². The lowest BCUT2D eigenvalue weighted by Gasteiger charge is -2.19. The lowest BCUT2D eigenvalue weighted by atomic mass is 10.2. The largest absolute Gasteiger partial charge is 0.491 e. The Kier molecular flexibility index (Phi) is 4.81. The highest BCUT2D eigenvalue weighted by Crippen LogP contribution is 2.22. The third kappa shape index (κ3) is 4.99. The normalized spacial score (nSPS) is 11.6. The molecular weight excluding hydrogens is 268 g/mol. The third-order valence-corrected chi connectivity index (χ3v) is 2.88. The molecule has 0 N–H and O–H groups in total. The first-order valence-electron chi connectivity index (χ1n) is 5.41. The van der Waals surface area contributed by atoms with E-state index in [4.69, 9.17) is 9.47 Å². The van der Waals surface area contributed by atoms with Crippen LogP contribution in [-0.4, -0.2) is 18.8 Å². The smallest absolute Gasteiger partial charge is 0.120 e. The quantitative estimate of drug-likeness (QED) is 0.781. The Labute approximate surface area is 106 Å². The molecule has 0 unspecified atom stereocenters. The minimum atomic E-state index is -0.1000. The highest BCUT2D eigenvalue weighted by Gasteiger charge is 2.09. The van der Waals surface area contributed by atoms with Gasteiger partial charge in [0.05, 0.1) is 12.2 Å². The van der Waals surface area contributed by atoms with Crippen molar-refractivity contribution in [3.05, 3.63) is 28.2 Å². The molecule has 1 aromatic carbocycles. The summed E-state index contributed by atoms with van der Waals surface area (Å²) >= 11 is 3.48. The van der Waals surface area contributed by atoms with Gasteiger partial charge < -0.3 is 9.47 Å². The molecule has 0 aliphatic heterocycles. The summed E-state index contributed by atoms with van der Waals surface area (Å²) < 4.78 is 12.2. The Morgan fingerprint density at radius 3 is 2.44 bits per heavy atom. The Bertz CT molecular complexity index is 342. The van der Waals surface area contributed by atoms with E-state index in [-0.39, 0.29) is 5.60 Å². The first-order valence-corrected chi connectivity index (χ1v) is 6.21. The number of benzene rings is 1. The fourth-order valence-electron chi connectivity index (χ4n) is 1.17. The molecule has 0 amide bonds. The molecule has 0 aromatic heterocycles. The molecule has 1 aromatic rings. The zero-order valence-electron chi connectivity index (χ0n) is 10.3. The van der Waals surface area contributed by atoms with Gasteiger partial charge in [0, 0.05) is 4.47 Å². The van der Waals surface area contributed by atoms with Gasteiger partial charge in [0.25, 0.3) is 0 Å². The van der Waals surface area contributed by atoms with E-state index in [0.29, 0.717) is 13.2 Å². The van der Waals surface area contributed by atoms with E-state index in [2.05, 4.69) is 22.9 Å². The Morgan fingerprint density at radius 1 is 1.19 bits per heavy atom. The molecule has 3 heteroatoms. The highest BCUT2D eigenvalue weighted by atomic mass is 79.9. The van der Waals surface area contributed by atoms with Crippen LogP contribution in [0.2, 0.25) is 0 Å². The van der Waals surface area contributed by atoms with Gasteiger partial charge in [-0.1, -0.05) is 22.0 Å². The molecular formula is C13H19BrO2. The number of ether oxygens (including phenoxy) is 2. The minimum absolute atomic E-state index is 0.1000. The van der Waals surface area contributed by atoms with E-state index >= 15 is 0 Å². The van der Waals surface area contributed by atoms with Crippen molar-refractivity contribution in [2.75, 3.05) is 13.2 Å². The standard InChI is InChI=1S/C13H19BrO2/c1-10-5-6-11(9-12(10)14)15-7-8-16-13(2,3)4/h5-6,9H,7-8H2,1-4H3. The molecule has 2 nitrogen and oxygen atoms in total. The number of aryl methyl sites for hydroxylation is 1. The Hall–Kier alpha value is -0.540. The van der Waals surface area contributed by atoms with E-state index in [1.807, 2.05) is 39.0 Å². The third-order valence-electron chi connectivity index (χ3n) is 2.03. The van der Waals surface area contributed by atoms with Crippen LogP contribution >= 0.6 is 15.9 Å². The molecule has 1 rings (SSSR count). The van der Waals surface area contributed by atoms with E-state index in [1.165, 1.54) is 5.56 Å².